The second-order valence-corrected chi connectivity index (χ2v) is 7.61. The van der Waals surface area contributed by atoms with Gasteiger partial charge in [-0.2, -0.15) is 5.26 Å². The first-order valence-corrected chi connectivity index (χ1v) is 9.74. The van der Waals surface area contributed by atoms with E-state index < -0.39 is 5.91 Å². The molecule has 146 valence electrons. The van der Waals surface area contributed by atoms with Crippen LogP contribution < -0.4 is 5.32 Å². The Morgan fingerprint density at radius 1 is 1.17 bits per heavy atom. The molecule has 29 heavy (non-hydrogen) atoms. The Morgan fingerprint density at radius 2 is 1.90 bits per heavy atom. The van der Waals surface area contributed by atoms with Crippen molar-refractivity contribution in [2.24, 2.45) is 0 Å². The van der Waals surface area contributed by atoms with E-state index in [0.29, 0.717) is 21.4 Å². The maximum atomic E-state index is 14.5. The number of hydrogen-bond acceptors (Lipinski definition) is 2. The van der Waals surface area contributed by atoms with E-state index in [9.17, 15) is 14.4 Å². The van der Waals surface area contributed by atoms with Crippen LogP contribution in [0.5, 0.6) is 0 Å². The molecule has 0 saturated carbocycles. The maximum absolute atomic E-state index is 14.5. The van der Waals surface area contributed by atoms with Crippen LogP contribution in [0.15, 0.2) is 58.6 Å². The smallest absolute Gasteiger partial charge is 0.266 e. The monoisotopic (exact) mass is 451 g/mol. The summed E-state index contributed by atoms with van der Waals surface area (Å²) in [6.45, 7) is 5.56. The van der Waals surface area contributed by atoms with Gasteiger partial charge >= 0.3 is 0 Å². The van der Waals surface area contributed by atoms with Gasteiger partial charge in [-0.15, -0.1) is 0 Å². The van der Waals surface area contributed by atoms with Crippen molar-refractivity contribution in [3.05, 3.63) is 86.9 Å². The van der Waals surface area contributed by atoms with Crippen molar-refractivity contribution in [1.29, 1.82) is 5.26 Å². The fourth-order valence-corrected chi connectivity index (χ4v) is 3.51. The highest BCUT2D eigenvalue weighted by atomic mass is 79.9. The summed E-state index contributed by atoms with van der Waals surface area (Å²) in [5.41, 5.74) is 4.16. The number of nitrogens with one attached hydrogen (secondary N) is 1. The number of benzene rings is 2. The van der Waals surface area contributed by atoms with Crippen molar-refractivity contribution in [2.75, 3.05) is 5.32 Å². The van der Waals surface area contributed by atoms with Crippen LogP contribution in [0.4, 0.5) is 10.1 Å². The molecule has 4 nitrogen and oxygen atoms in total. The minimum absolute atomic E-state index is 0.0234. The topological polar surface area (TPSA) is 57.8 Å². The molecule has 3 rings (SSSR count). The third-order valence-corrected chi connectivity index (χ3v) is 5.17. The molecule has 0 aliphatic rings. The molecule has 1 amide bonds. The zero-order chi connectivity index (χ0) is 21.1. The average Bonchev–Trinajstić information content (AvgIpc) is 2.95. The van der Waals surface area contributed by atoms with Gasteiger partial charge in [0, 0.05) is 21.5 Å². The molecule has 1 aromatic heterocycles. The van der Waals surface area contributed by atoms with E-state index in [0.717, 1.165) is 17.0 Å². The third-order valence-electron chi connectivity index (χ3n) is 4.68. The van der Waals surface area contributed by atoms with Gasteiger partial charge < -0.3 is 9.88 Å². The van der Waals surface area contributed by atoms with Crippen LogP contribution in [0.1, 0.15) is 22.5 Å². The van der Waals surface area contributed by atoms with Crippen LogP contribution in [0, 0.1) is 37.9 Å². The van der Waals surface area contributed by atoms with E-state index in [1.807, 2.05) is 51.1 Å². The first kappa shape index (κ1) is 20.6. The van der Waals surface area contributed by atoms with Gasteiger partial charge in [-0.1, -0.05) is 34.1 Å². The largest absolute Gasteiger partial charge is 0.321 e. The first-order chi connectivity index (χ1) is 13.8. The Hall–Kier alpha value is -3.17. The molecule has 0 fully saturated rings. The molecule has 0 aliphatic heterocycles. The van der Waals surface area contributed by atoms with E-state index in [4.69, 9.17) is 0 Å². The Balaban J connectivity index is 1.98. The minimum Gasteiger partial charge on any atom is -0.321 e. The first-order valence-electron chi connectivity index (χ1n) is 8.95. The number of nitrogens with zero attached hydrogens (tertiary/aromatic N) is 2. The number of anilines is 1. The lowest BCUT2D eigenvalue weighted by Gasteiger charge is -2.11. The molecule has 0 atom stereocenters. The van der Waals surface area contributed by atoms with E-state index >= 15 is 0 Å². The van der Waals surface area contributed by atoms with Crippen molar-refractivity contribution in [2.45, 2.75) is 20.8 Å². The molecule has 0 spiro atoms. The number of aryl methyl sites for hydroxylation is 2. The molecule has 3 aromatic rings. The van der Waals surface area contributed by atoms with Crippen molar-refractivity contribution in [1.82, 2.24) is 4.57 Å². The lowest BCUT2D eigenvalue weighted by molar-refractivity contribution is -0.112. The summed E-state index contributed by atoms with van der Waals surface area (Å²) in [5.74, 6) is -0.851. The highest BCUT2D eigenvalue weighted by Crippen LogP contribution is 2.26. The van der Waals surface area contributed by atoms with E-state index in [1.54, 1.807) is 22.8 Å². The Bertz CT molecular complexity index is 1170. The number of nitriles is 1. The number of carbonyl (C=O) groups excluding carboxylic acids is 1. The van der Waals surface area contributed by atoms with Gasteiger partial charge in [0.15, 0.2) is 0 Å². The van der Waals surface area contributed by atoms with E-state index in [2.05, 4.69) is 21.2 Å². The maximum Gasteiger partial charge on any atom is 0.266 e. The molecular weight excluding hydrogens is 433 g/mol. The zero-order valence-electron chi connectivity index (χ0n) is 16.3. The number of rotatable bonds is 4. The summed E-state index contributed by atoms with van der Waals surface area (Å²) in [6.07, 6.45) is 1.53. The Morgan fingerprint density at radius 3 is 2.55 bits per heavy atom. The van der Waals surface area contributed by atoms with Crippen LogP contribution in [0.2, 0.25) is 0 Å². The molecule has 0 saturated heterocycles. The minimum atomic E-state index is -0.485. The van der Waals surface area contributed by atoms with Gasteiger partial charge in [-0.3, -0.25) is 4.79 Å². The SMILES string of the molecule is Cc1ccccc1NC(=O)/C(C#N)=C\c1cc(C)n(-c2ccc(Br)cc2F)c1C. The van der Waals surface area contributed by atoms with E-state index in [-0.39, 0.29) is 11.4 Å². The Kier molecular flexibility index (Phi) is 6.00. The molecule has 0 radical (unpaired) electrons. The predicted molar refractivity (Wildman–Crippen MR) is 116 cm³/mol. The van der Waals surface area contributed by atoms with Crippen LogP contribution in [0.25, 0.3) is 11.8 Å². The molecule has 0 unspecified atom stereocenters. The van der Waals surface area contributed by atoms with Gasteiger partial charge in [0.25, 0.3) is 5.91 Å². The highest BCUT2D eigenvalue weighted by molar-refractivity contribution is 9.10. The quantitative estimate of drug-likeness (QED) is 0.399. The second kappa shape index (κ2) is 8.46. The van der Waals surface area contributed by atoms with Gasteiger partial charge in [0.1, 0.15) is 17.5 Å². The van der Waals surface area contributed by atoms with Crippen LogP contribution in [0.3, 0.4) is 0 Å². The van der Waals surface area contributed by atoms with Gasteiger partial charge in [-0.25, -0.2) is 4.39 Å². The van der Waals surface area contributed by atoms with E-state index in [1.165, 1.54) is 12.1 Å². The Labute approximate surface area is 177 Å². The zero-order valence-corrected chi connectivity index (χ0v) is 17.8. The predicted octanol–water partition coefficient (Wildman–Crippen LogP) is 5.85. The molecule has 0 aliphatic carbocycles. The second-order valence-electron chi connectivity index (χ2n) is 6.70. The number of amides is 1. The number of para-hydroxylation sites is 1. The average molecular weight is 452 g/mol. The normalized spacial score (nSPS) is 11.2. The van der Waals surface area contributed by atoms with Gasteiger partial charge in [0.2, 0.25) is 0 Å². The number of aromatic nitrogens is 1. The fourth-order valence-electron chi connectivity index (χ4n) is 3.17. The van der Waals surface area contributed by atoms with Crippen molar-refractivity contribution in [3.8, 4) is 11.8 Å². The summed E-state index contributed by atoms with van der Waals surface area (Å²) in [5, 5.41) is 12.3. The van der Waals surface area contributed by atoms with Crippen LogP contribution in [-0.2, 0) is 4.79 Å². The lowest BCUT2D eigenvalue weighted by Crippen LogP contribution is -2.14. The van der Waals surface area contributed by atoms with Crippen molar-refractivity contribution >= 4 is 33.6 Å². The molecular formula is C23H19BrFN3O. The summed E-state index contributed by atoms with van der Waals surface area (Å²) in [4.78, 5) is 12.6. The fraction of sp³-hybridized carbons (Fsp3) is 0.130. The highest BCUT2D eigenvalue weighted by Gasteiger charge is 2.16. The summed E-state index contributed by atoms with van der Waals surface area (Å²) < 4.78 is 16.9. The van der Waals surface area contributed by atoms with Gasteiger partial charge in [-0.05, 0) is 68.3 Å². The molecule has 1 heterocycles. The van der Waals surface area contributed by atoms with Gasteiger partial charge in [0.05, 0.1) is 5.69 Å². The lowest BCUT2D eigenvalue weighted by atomic mass is 10.1. The number of carbonyl (C=O) groups is 1. The van der Waals surface area contributed by atoms with Crippen molar-refractivity contribution in [3.63, 3.8) is 0 Å². The van der Waals surface area contributed by atoms with Crippen molar-refractivity contribution < 1.29 is 9.18 Å². The number of halogens is 2. The third kappa shape index (κ3) is 4.30. The van der Waals surface area contributed by atoms with Crippen LogP contribution >= 0.6 is 15.9 Å². The number of hydrogen-bond donors (Lipinski definition) is 1. The molecule has 6 heteroatoms. The summed E-state index contributed by atoms with van der Waals surface area (Å²) in [6, 6.07) is 16.0. The standard InChI is InChI=1S/C23H19BrFN3O/c1-14-6-4-5-7-21(14)27-23(29)18(13-26)11-17-10-15(2)28(16(17)3)22-9-8-19(24)12-20(22)25/h4-12H,1-3H3,(H,27,29)/b18-11-. The van der Waals surface area contributed by atoms with Crippen LogP contribution in [-0.4, -0.2) is 10.5 Å². The molecule has 0 bridgehead atoms. The summed E-state index contributed by atoms with van der Waals surface area (Å²) >= 11 is 3.26. The summed E-state index contributed by atoms with van der Waals surface area (Å²) in [7, 11) is 0. The molecule has 1 N–H and O–H groups in total. The molecule has 2 aromatic carbocycles.